The summed E-state index contributed by atoms with van der Waals surface area (Å²) in [6.07, 6.45) is 7.23. The summed E-state index contributed by atoms with van der Waals surface area (Å²) in [6.45, 7) is 1.90. The van der Waals surface area contributed by atoms with Gasteiger partial charge in [0.1, 0.15) is 6.54 Å². The molecule has 1 amide bonds. The molecule has 0 spiro atoms. The third-order valence-corrected chi connectivity index (χ3v) is 2.19. The summed E-state index contributed by atoms with van der Waals surface area (Å²) in [7, 11) is 0. The molecule has 0 atom stereocenters. The monoisotopic (exact) mass is 255 g/mol. The zero-order valence-corrected chi connectivity index (χ0v) is 13.5. The van der Waals surface area contributed by atoms with Crippen LogP contribution in [0, 0.1) is 0 Å². The molecule has 16 heavy (non-hydrogen) atoms. The Labute approximate surface area is 141 Å². The number of carboxylic acid groups (broad SMARTS) is 1. The van der Waals surface area contributed by atoms with Crippen molar-refractivity contribution in [1.29, 1.82) is 0 Å². The number of amides is 1. The molecule has 0 rings (SSSR count). The first-order chi connectivity index (χ1) is 7.16. The molecule has 0 fully saturated rings. The number of hydrogen-bond donors (Lipinski definition) is 2. The van der Waals surface area contributed by atoms with Crippen molar-refractivity contribution < 1.29 is 67.5 Å². The van der Waals surface area contributed by atoms with E-state index in [0.717, 1.165) is 12.8 Å². The zero-order chi connectivity index (χ0) is 11.5. The van der Waals surface area contributed by atoms with Crippen LogP contribution in [-0.4, -0.2) is 23.5 Å². The van der Waals surface area contributed by atoms with Gasteiger partial charge in [-0.25, -0.2) is 0 Å². The van der Waals surface area contributed by atoms with Crippen molar-refractivity contribution >= 4 is 11.9 Å². The third kappa shape index (κ3) is 14.6. The largest absolute Gasteiger partial charge is 1.00 e. The maximum absolute atomic E-state index is 11.1. The second-order valence-electron chi connectivity index (χ2n) is 3.69. The van der Waals surface area contributed by atoms with Crippen molar-refractivity contribution in [2.75, 3.05) is 6.54 Å². The third-order valence-electron chi connectivity index (χ3n) is 2.19. The van der Waals surface area contributed by atoms with Crippen molar-refractivity contribution in [2.24, 2.45) is 0 Å². The summed E-state index contributed by atoms with van der Waals surface area (Å²) in [5.41, 5.74) is 0. The Kier molecular flexibility index (Phi) is 16.1. The minimum atomic E-state index is -0.994. The fourth-order valence-electron chi connectivity index (χ4n) is 1.33. The van der Waals surface area contributed by atoms with Crippen molar-refractivity contribution in [2.45, 2.75) is 51.9 Å². The summed E-state index contributed by atoms with van der Waals surface area (Å²) >= 11 is 0. The Morgan fingerprint density at radius 3 is 2.25 bits per heavy atom. The Balaban J connectivity index is -0.000000980. The van der Waals surface area contributed by atoms with E-state index in [0.29, 0.717) is 6.42 Å². The van der Waals surface area contributed by atoms with Crippen LogP contribution in [0.3, 0.4) is 0 Å². The molecule has 0 aromatic rings. The summed E-state index contributed by atoms with van der Waals surface area (Å²) < 4.78 is 0. The van der Waals surface area contributed by atoms with Crippen LogP contribution in [0.25, 0.3) is 0 Å². The molecule has 0 saturated heterocycles. The van der Waals surface area contributed by atoms with Gasteiger partial charge in [0.25, 0.3) is 0 Å². The molecule has 0 aromatic carbocycles. The molecule has 0 bridgehead atoms. The van der Waals surface area contributed by atoms with Crippen LogP contribution >= 0.6 is 0 Å². The van der Waals surface area contributed by atoms with Gasteiger partial charge >= 0.3 is 57.4 Å². The van der Waals surface area contributed by atoms with E-state index >= 15 is 0 Å². The number of nitrogens with one attached hydrogen (secondary N) is 1. The van der Waals surface area contributed by atoms with Gasteiger partial charge < -0.3 is 11.8 Å². The number of hydrogen-bond acceptors (Lipinski definition) is 2. The zero-order valence-electron chi connectivity index (χ0n) is 11.4. The van der Waals surface area contributed by atoms with Gasteiger partial charge in [-0.1, -0.05) is 39.0 Å². The molecule has 0 unspecified atom stereocenters. The Hall–Kier alpha value is 0.576. The SMILES string of the molecule is CCCCCCCCC(=O)NCC(=O)O.[H-].[K+]. The van der Waals surface area contributed by atoms with Crippen LogP contribution in [0.15, 0.2) is 0 Å². The summed E-state index contributed by atoms with van der Waals surface area (Å²) in [5, 5.41) is 10.7. The number of carboxylic acids is 1. The maximum atomic E-state index is 11.1. The Morgan fingerprint density at radius 1 is 1.12 bits per heavy atom. The standard InChI is InChI=1S/C11H21NO3.K.H/c1-2-3-4-5-6-7-8-10(13)12-9-11(14)15;;/h2-9H2,1H3,(H,12,13)(H,14,15);;/q;+1;-1. The van der Waals surface area contributed by atoms with E-state index in [1.165, 1.54) is 25.7 Å². The van der Waals surface area contributed by atoms with Crippen molar-refractivity contribution in [3.63, 3.8) is 0 Å². The molecule has 2 N–H and O–H groups in total. The quantitative estimate of drug-likeness (QED) is 0.412. The molecular formula is C11H22KNO3. The molecule has 4 nitrogen and oxygen atoms in total. The minimum Gasteiger partial charge on any atom is -1.00 e. The topological polar surface area (TPSA) is 66.4 Å². The molecule has 0 aliphatic carbocycles. The van der Waals surface area contributed by atoms with Gasteiger partial charge in [0.05, 0.1) is 0 Å². The van der Waals surface area contributed by atoms with Crippen molar-refractivity contribution in [1.82, 2.24) is 5.32 Å². The van der Waals surface area contributed by atoms with Gasteiger partial charge in [-0.3, -0.25) is 9.59 Å². The van der Waals surface area contributed by atoms with E-state index in [2.05, 4.69) is 12.2 Å². The number of carbonyl (C=O) groups excluding carboxylic acids is 1. The summed E-state index contributed by atoms with van der Waals surface area (Å²) in [5.74, 6) is -1.15. The maximum Gasteiger partial charge on any atom is 1.00 e. The fraction of sp³-hybridized carbons (Fsp3) is 0.818. The number of aliphatic carboxylic acids is 1. The Morgan fingerprint density at radius 2 is 1.69 bits per heavy atom. The van der Waals surface area contributed by atoms with Gasteiger partial charge in [0.2, 0.25) is 5.91 Å². The first-order valence-corrected chi connectivity index (χ1v) is 5.65. The van der Waals surface area contributed by atoms with Crippen LogP contribution in [0.1, 0.15) is 53.3 Å². The van der Waals surface area contributed by atoms with Gasteiger partial charge in [-0.15, -0.1) is 0 Å². The summed E-state index contributed by atoms with van der Waals surface area (Å²) in [4.78, 5) is 21.2. The molecule has 0 saturated carbocycles. The number of carbonyl (C=O) groups is 2. The smallest absolute Gasteiger partial charge is 1.00 e. The fourth-order valence-corrected chi connectivity index (χ4v) is 1.33. The Bertz CT molecular complexity index is 203. The van der Waals surface area contributed by atoms with E-state index in [1.807, 2.05) is 0 Å². The molecule has 0 radical (unpaired) electrons. The van der Waals surface area contributed by atoms with Gasteiger partial charge in [-0.05, 0) is 6.42 Å². The number of rotatable bonds is 9. The molecule has 0 aliphatic rings. The molecular weight excluding hydrogens is 233 g/mol. The van der Waals surface area contributed by atoms with Gasteiger partial charge in [0, 0.05) is 6.42 Å². The van der Waals surface area contributed by atoms with Crippen molar-refractivity contribution in [3.05, 3.63) is 0 Å². The van der Waals surface area contributed by atoms with Crippen LogP contribution in [0.2, 0.25) is 0 Å². The first-order valence-electron chi connectivity index (χ1n) is 5.65. The van der Waals surface area contributed by atoms with E-state index in [-0.39, 0.29) is 65.3 Å². The van der Waals surface area contributed by atoms with Crippen LogP contribution in [0.4, 0.5) is 0 Å². The minimum absolute atomic E-state index is 0. The molecule has 0 aliphatic heterocycles. The van der Waals surface area contributed by atoms with Crippen LogP contribution < -0.4 is 56.7 Å². The van der Waals surface area contributed by atoms with E-state index < -0.39 is 5.97 Å². The van der Waals surface area contributed by atoms with E-state index in [1.54, 1.807) is 0 Å². The first kappa shape index (κ1) is 18.9. The number of unbranched alkanes of at least 4 members (excludes halogenated alkanes) is 5. The van der Waals surface area contributed by atoms with Crippen molar-refractivity contribution in [3.8, 4) is 0 Å². The molecule has 5 heteroatoms. The summed E-state index contributed by atoms with van der Waals surface area (Å²) in [6, 6.07) is 0. The van der Waals surface area contributed by atoms with Gasteiger partial charge in [-0.2, -0.15) is 0 Å². The van der Waals surface area contributed by atoms with E-state index in [9.17, 15) is 9.59 Å². The average Bonchev–Trinajstić information content (AvgIpc) is 2.20. The van der Waals surface area contributed by atoms with Gasteiger partial charge in [0.15, 0.2) is 0 Å². The second-order valence-corrected chi connectivity index (χ2v) is 3.69. The van der Waals surface area contributed by atoms with E-state index in [4.69, 9.17) is 5.11 Å². The molecule has 0 heterocycles. The molecule has 0 aromatic heterocycles. The average molecular weight is 255 g/mol. The van der Waals surface area contributed by atoms with Crippen LogP contribution in [-0.2, 0) is 9.59 Å². The normalized spacial score (nSPS) is 9.31. The predicted molar refractivity (Wildman–Crippen MR) is 59.8 cm³/mol. The second kappa shape index (κ2) is 13.6. The predicted octanol–water partition coefficient (Wildman–Crippen LogP) is -0.946. The van der Waals surface area contributed by atoms with Crippen LogP contribution in [0.5, 0.6) is 0 Å². The molecule has 90 valence electrons.